The number of thioether (sulfide) groups is 1. The number of nitrogens with zero attached hydrogens (tertiary/aromatic N) is 3. The Morgan fingerprint density at radius 2 is 2.11 bits per heavy atom. The summed E-state index contributed by atoms with van der Waals surface area (Å²) in [7, 11) is 0. The number of nitro benzene ring substituents is 1. The summed E-state index contributed by atoms with van der Waals surface area (Å²) in [5.74, 6) is -2.11. The van der Waals surface area contributed by atoms with E-state index in [0.29, 0.717) is 11.3 Å². The minimum Gasteiger partial charge on any atom is -0.325 e. The van der Waals surface area contributed by atoms with E-state index in [-0.39, 0.29) is 22.0 Å². The van der Waals surface area contributed by atoms with Crippen molar-refractivity contribution >= 4 is 35.0 Å². The number of aryl methyl sites for hydroxylation is 1. The van der Waals surface area contributed by atoms with Crippen molar-refractivity contribution in [2.24, 2.45) is 11.3 Å². The molecule has 0 radical (unpaired) electrons. The van der Waals surface area contributed by atoms with E-state index < -0.39 is 28.1 Å². The predicted molar refractivity (Wildman–Crippen MR) is 103 cm³/mol. The molecule has 0 unspecified atom stereocenters. The third-order valence-corrected chi connectivity index (χ3v) is 5.39. The van der Waals surface area contributed by atoms with Crippen molar-refractivity contribution in [1.29, 1.82) is 10.5 Å². The van der Waals surface area contributed by atoms with E-state index >= 15 is 0 Å². The van der Waals surface area contributed by atoms with Crippen LogP contribution < -0.4 is 10.6 Å². The molecule has 0 saturated heterocycles. The van der Waals surface area contributed by atoms with Gasteiger partial charge in [-0.25, -0.2) is 0 Å². The van der Waals surface area contributed by atoms with Gasteiger partial charge in [-0.05, 0) is 12.5 Å². The molecule has 1 aliphatic rings. The summed E-state index contributed by atoms with van der Waals surface area (Å²) < 4.78 is 0. The summed E-state index contributed by atoms with van der Waals surface area (Å²) in [6, 6.07) is 8.06. The smallest absolute Gasteiger partial charge is 0.271 e. The fraction of sp³-hybridized carbons (Fsp3) is 0.333. The standard InChI is InChI=1S/C18H17N5O4S/c1-10-4-5-11(23(26)27)6-14(10)21-15(24)9-28-17-13(8-20)18(2,3)12(7-19)16(25)22-17/h4-6,12H,9H2,1-3H3,(H,21,24)(H,22,25)/t12-/m1/s1. The van der Waals surface area contributed by atoms with E-state index in [2.05, 4.69) is 10.6 Å². The monoisotopic (exact) mass is 399 g/mol. The molecule has 1 heterocycles. The predicted octanol–water partition coefficient (Wildman–Crippen LogP) is 2.61. The zero-order chi connectivity index (χ0) is 21.1. The first-order chi connectivity index (χ1) is 13.1. The Hall–Kier alpha value is -3.37. The number of nitrogens with one attached hydrogen (secondary N) is 2. The molecule has 0 aliphatic carbocycles. The number of nitro groups is 1. The van der Waals surface area contributed by atoms with Crippen molar-refractivity contribution in [3.8, 4) is 12.1 Å². The number of benzene rings is 1. The minimum absolute atomic E-state index is 0.129. The van der Waals surface area contributed by atoms with Gasteiger partial charge in [-0.15, -0.1) is 0 Å². The van der Waals surface area contributed by atoms with E-state index in [1.54, 1.807) is 20.8 Å². The van der Waals surface area contributed by atoms with Gasteiger partial charge in [-0.3, -0.25) is 19.7 Å². The molecular formula is C18H17N5O4S. The molecule has 2 rings (SSSR count). The maximum Gasteiger partial charge on any atom is 0.271 e. The van der Waals surface area contributed by atoms with Crippen LogP contribution in [0.4, 0.5) is 11.4 Å². The largest absolute Gasteiger partial charge is 0.325 e. The highest BCUT2D eigenvalue weighted by Crippen LogP contribution is 2.41. The maximum atomic E-state index is 12.3. The molecule has 2 amide bonds. The summed E-state index contributed by atoms with van der Waals surface area (Å²) in [6.07, 6.45) is 0. The molecule has 0 fully saturated rings. The van der Waals surface area contributed by atoms with Gasteiger partial charge in [0.25, 0.3) is 5.69 Å². The van der Waals surface area contributed by atoms with E-state index in [1.807, 2.05) is 12.1 Å². The molecule has 0 aromatic heterocycles. The van der Waals surface area contributed by atoms with Gasteiger partial charge in [0.2, 0.25) is 11.8 Å². The van der Waals surface area contributed by atoms with Gasteiger partial charge in [0, 0.05) is 17.5 Å². The number of allylic oxidation sites excluding steroid dienone is 1. The highest BCUT2D eigenvalue weighted by molar-refractivity contribution is 8.03. The van der Waals surface area contributed by atoms with Crippen LogP contribution in [-0.2, 0) is 9.59 Å². The highest BCUT2D eigenvalue weighted by Gasteiger charge is 2.44. The molecule has 144 valence electrons. The second-order valence-electron chi connectivity index (χ2n) is 6.68. The van der Waals surface area contributed by atoms with Gasteiger partial charge < -0.3 is 10.6 Å². The molecule has 1 aliphatic heterocycles. The first-order valence-electron chi connectivity index (χ1n) is 8.14. The Bertz CT molecular complexity index is 971. The highest BCUT2D eigenvalue weighted by atomic mass is 32.2. The minimum atomic E-state index is -1.01. The number of carbonyl (C=O) groups is 2. The fourth-order valence-corrected chi connectivity index (χ4v) is 3.69. The molecule has 9 nitrogen and oxygen atoms in total. The Balaban J connectivity index is 2.16. The summed E-state index contributed by atoms with van der Waals surface area (Å²) in [5, 5.41) is 34.9. The van der Waals surface area contributed by atoms with E-state index in [1.165, 1.54) is 18.2 Å². The number of rotatable bonds is 5. The van der Waals surface area contributed by atoms with Gasteiger partial charge in [0.1, 0.15) is 5.92 Å². The third-order valence-electron chi connectivity index (χ3n) is 4.39. The van der Waals surface area contributed by atoms with Crippen LogP contribution in [0, 0.1) is 51.0 Å². The van der Waals surface area contributed by atoms with Crippen LogP contribution in [0.25, 0.3) is 0 Å². The Labute approximate surface area is 165 Å². The summed E-state index contributed by atoms with van der Waals surface area (Å²) in [6.45, 7) is 4.96. The third kappa shape index (κ3) is 4.13. The van der Waals surface area contributed by atoms with Crippen LogP contribution in [0.3, 0.4) is 0 Å². The SMILES string of the molecule is Cc1ccc([N+](=O)[O-])cc1NC(=O)CSC1=C(C#N)C(C)(C)[C@H](C#N)C(=O)N1. The van der Waals surface area contributed by atoms with Gasteiger partial charge >= 0.3 is 0 Å². The second-order valence-corrected chi connectivity index (χ2v) is 7.67. The quantitative estimate of drug-likeness (QED) is 0.571. The van der Waals surface area contributed by atoms with Crippen molar-refractivity contribution in [2.45, 2.75) is 20.8 Å². The Morgan fingerprint density at radius 3 is 2.68 bits per heavy atom. The number of hydrogen-bond acceptors (Lipinski definition) is 7. The molecule has 1 atom stereocenters. The van der Waals surface area contributed by atoms with E-state index in [4.69, 9.17) is 0 Å². The van der Waals surface area contributed by atoms with Gasteiger partial charge in [0.05, 0.1) is 39.1 Å². The second kappa shape index (κ2) is 8.11. The lowest BCUT2D eigenvalue weighted by molar-refractivity contribution is -0.384. The van der Waals surface area contributed by atoms with Crippen LogP contribution in [-0.4, -0.2) is 22.5 Å². The van der Waals surface area contributed by atoms with E-state index in [9.17, 15) is 30.2 Å². The van der Waals surface area contributed by atoms with Crippen LogP contribution in [0.15, 0.2) is 28.8 Å². The molecule has 1 aromatic carbocycles. The number of non-ortho nitro benzene ring substituents is 1. The van der Waals surface area contributed by atoms with Crippen molar-refractivity contribution < 1.29 is 14.5 Å². The van der Waals surface area contributed by atoms with Crippen molar-refractivity contribution in [3.05, 3.63) is 44.5 Å². The Morgan fingerprint density at radius 1 is 1.43 bits per heavy atom. The molecule has 0 bridgehead atoms. The van der Waals surface area contributed by atoms with Gasteiger partial charge in [0.15, 0.2) is 0 Å². The zero-order valence-corrected chi connectivity index (χ0v) is 16.2. The fourth-order valence-electron chi connectivity index (χ4n) is 2.72. The van der Waals surface area contributed by atoms with Crippen molar-refractivity contribution in [1.82, 2.24) is 5.32 Å². The normalized spacial score (nSPS) is 17.9. The van der Waals surface area contributed by atoms with Crippen LogP contribution >= 0.6 is 11.8 Å². The number of nitriles is 2. The van der Waals surface area contributed by atoms with Gasteiger partial charge in [-0.1, -0.05) is 31.7 Å². The number of carbonyl (C=O) groups excluding carboxylic acids is 2. The number of hydrogen-bond donors (Lipinski definition) is 2. The van der Waals surface area contributed by atoms with Crippen LogP contribution in [0.5, 0.6) is 0 Å². The van der Waals surface area contributed by atoms with Gasteiger partial charge in [-0.2, -0.15) is 10.5 Å². The van der Waals surface area contributed by atoms with Crippen LogP contribution in [0.2, 0.25) is 0 Å². The lowest BCUT2D eigenvalue weighted by Gasteiger charge is -2.34. The summed E-state index contributed by atoms with van der Waals surface area (Å²) in [5.41, 5.74) is 0.0629. The summed E-state index contributed by atoms with van der Waals surface area (Å²) in [4.78, 5) is 34.7. The average Bonchev–Trinajstić information content (AvgIpc) is 2.61. The first-order valence-corrected chi connectivity index (χ1v) is 9.13. The molecular weight excluding hydrogens is 382 g/mol. The number of amides is 2. The van der Waals surface area contributed by atoms with Crippen LogP contribution in [0.1, 0.15) is 19.4 Å². The molecule has 2 N–H and O–H groups in total. The lowest BCUT2D eigenvalue weighted by Crippen LogP contribution is -2.44. The topological polar surface area (TPSA) is 149 Å². The van der Waals surface area contributed by atoms with Crippen molar-refractivity contribution in [3.63, 3.8) is 0 Å². The molecule has 0 spiro atoms. The first kappa shape index (κ1) is 20.9. The van der Waals surface area contributed by atoms with E-state index in [0.717, 1.165) is 11.8 Å². The lowest BCUT2D eigenvalue weighted by atomic mass is 9.72. The maximum absolute atomic E-state index is 12.3. The average molecular weight is 399 g/mol. The molecule has 10 heteroatoms. The number of anilines is 1. The van der Waals surface area contributed by atoms with Crippen molar-refractivity contribution in [2.75, 3.05) is 11.1 Å². The molecule has 0 saturated carbocycles. The Kier molecular flexibility index (Phi) is 6.06. The summed E-state index contributed by atoms with van der Waals surface area (Å²) >= 11 is 0.962. The molecule has 1 aromatic rings. The molecule has 28 heavy (non-hydrogen) atoms. The zero-order valence-electron chi connectivity index (χ0n) is 15.4.